The van der Waals surface area contributed by atoms with E-state index in [1.165, 1.54) is 18.2 Å². The first-order chi connectivity index (χ1) is 12.5. The number of pyridine rings is 1. The zero-order valence-electron chi connectivity index (χ0n) is 13.0. The molecule has 0 atom stereocenters. The number of thioether (sulfide) groups is 1. The number of carboxylic acids is 1. The number of carboxylic acid groups (broad SMARTS) is 1. The predicted molar refractivity (Wildman–Crippen MR) is 95.3 cm³/mol. The summed E-state index contributed by atoms with van der Waals surface area (Å²) < 4.78 is 5.46. The van der Waals surface area contributed by atoms with E-state index in [2.05, 4.69) is 20.5 Å². The number of halogens is 1. The van der Waals surface area contributed by atoms with Crippen LogP contribution in [0.1, 0.15) is 10.4 Å². The molecule has 0 unspecified atom stereocenters. The summed E-state index contributed by atoms with van der Waals surface area (Å²) in [6.45, 7) is 0. The highest BCUT2D eigenvalue weighted by molar-refractivity contribution is 7.99. The standard InChI is InChI=1S/C16H11ClN4O4S/c17-12-4-3-10(6-11(12)15(23)24)19-13(22)8-26-16-21-20-14(25-16)9-2-1-5-18-7-9/h1-7H,8H2,(H,19,22)(H,23,24). The second-order valence-corrected chi connectivity index (χ2v) is 6.29. The molecule has 0 bridgehead atoms. The van der Waals surface area contributed by atoms with Crippen LogP contribution in [0.15, 0.2) is 52.4 Å². The van der Waals surface area contributed by atoms with Gasteiger partial charge in [-0.3, -0.25) is 9.78 Å². The number of amides is 1. The zero-order chi connectivity index (χ0) is 18.5. The van der Waals surface area contributed by atoms with Gasteiger partial charge in [-0.05, 0) is 30.3 Å². The number of benzene rings is 1. The topological polar surface area (TPSA) is 118 Å². The van der Waals surface area contributed by atoms with Crippen LogP contribution in [-0.4, -0.2) is 37.9 Å². The molecule has 2 N–H and O–H groups in total. The van der Waals surface area contributed by atoms with Gasteiger partial charge in [0.25, 0.3) is 5.22 Å². The van der Waals surface area contributed by atoms with Gasteiger partial charge in [-0.25, -0.2) is 4.79 Å². The maximum atomic E-state index is 12.0. The molecule has 1 aromatic carbocycles. The molecule has 0 aliphatic carbocycles. The van der Waals surface area contributed by atoms with E-state index in [1.54, 1.807) is 24.5 Å². The molecule has 0 saturated heterocycles. The molecule has 0 spiro atoms. The second-order valence-electron chi connectivity index (χ2n) is 4.95. The van der Waals surface area contributed by atoms with Crippen LogP contribution in [-0.2, 0) is 4.79 Å². The Labute approximate surface area is 156 Å². The van der Waals surface area contributed by atoms with Crippen LogP contribution in [0.4, 0.5) is 5.69 Å². The first kappa shape index (κ1) is 17.9. The molecular weight excluding hydrogens is 380 g/mol. The van der Waals surface area contributed by atoms with Gasteiger partial charge < -0.3 is 14.8 Å². The minimum atomic E-state index is -1.17. The number of nitrogens with one attached hydrogen (secondary N) is 1. The van der Waals surface area contributed by atoms with Crippen molar-refractivity contribution in [3.63, 3.8) is 0 Å². The SMILES string of the molecule is O=C(CSc1nnc(-c2cccnc2)o1)Nc1ccc(Cl)c(C(=O)O)c1. The Bertz CT molecular complexity index is 948. The summed E-state index contributed by atoms with van der Waals surface area (Å²) in [5.41, 5.74) is 0.924. The van der Waals surface area contributed by atoms with Crippen LogP contribution >= 0.6 is 23.4 Å². The van der Waals surface area contributed by atoms with E-state index in [0.29, 0.717) is 17.1 Å². The van der Waals surface area contributed by atoms with Crippen LogP contribution in [0.3, 0.4) is 0 Å². The number of aromatic carboxylic acids is 1. The first-order valence-electron chi connectivity index (χ1n) is 7.22. The Balaban J connectivity index is 1.59. The van der Waals surface area contributed by atoms with Crippen molar-refractivity contribution in [3.8, 4) is 11.5 Å². The lowest BCUT2D eigenvalue weighted by atomic mass is 10.2. The summed E-state index contributed by atoms with van der Waals surface area (Å²) in [6.07, 6.45) is 3.22. The highest BCUT2D eigenvalue weighted by Crippen LogP contribution is 2.23. The highest BCUT2D eigenvalue weighted by atomic mass is 35.5. The molecule has 0 aliphatic heterocycles. The van der Waals surface area contributed by atoms with E-state index in [9.17, 15) is 9.59 Å². The predicted octanol–water partition coefficient (Wildman–Crippen LogP) is 3.21. The van der Waals surface area contributed by atoms with E-state index < -0.39 is 5.97 Å². The molecule has 0 saturated carbocycles. The third kappa shape index (κ3) is 4.38. The molecule has 1 amide bonds. The van der Waals surface area contributed by atoms with Gasteiger partial charge >= 0.3 is 5.97 Å². The van der Waals surface area contributed by atoms with Crippen molar-refractivity contribution >= 4 is 40.9 Å². The van der Waals surface area contributed by atoms with Crippen molar-refractivity contribution in [3.05, 3.63) is 53.3 Å². The normalized spacial score (nSPS) is 10.5. The lowest BCUT2D eigenvalue weighted by Gasteiger charge is -2.06. The third-order valence-electron chi connectivity index (χ3n) is 3.12. The molecule has 26 heavy (non-hydrogen) atoms. The van der Waals surface area contributed by atoms with E-state index >= 15 is 0 Å². The summed E-state index contributed by atoms with van der Waals surface area (Å²) >= 11 is 6.85. The number of carbonyl (C=O) groups is 2. The van der Waals surface area contributed by atoms with Gasteiger partial charge in [0.05, 0.1) is 21.9 Å². The molecular formula is C16H11ClN4O4S. The lowest BCUT2D eigenvalue weighted by Crippen LogP contribution is -2.14. The van der Waals surface area contributed by atoms with Gasteiger partial charge in [0.15, 0.2) is 0 Å². The van der Waals surface area contributed by atoms with Crippen molar-refractivity contribution in [1.82, 2.24) is 15.2 Å². The molecule has 3 rings (SSSR count). The molecule has 8 nitrogen and oxygen atoms in total. The quantitative estimate of drug-likeness (QED) is 0.616. The summed E-state index contributed by atoms with van der Waals surface area (Å²) in [6, 6.07) is 7.75. The van der Waals surface area contributed by atoms with Gasteiger partial charge in [-0.15, -0.1) is 10.2 Å². The van der Waals surface area contributed by atoms with Gasteiger partial charge in [0.2, 0.25) is 11.8 Å². The third-order valence-corrected chi connectivity index (χ3v) is 4.27. The van der Waals surface area contributed by atoms with Crippen LogP contribution in [0, 0.1) is 0 Å². The van der Waals surface area contributed by atoms with Crippen LogP contribution in [0.25, 0.3) is 11.5 Å². The van der Waals surface area contributed by atoms with Gasteiger partial charge in [0.1, 0.15) is 0 Å². The molecule has 3 aromatic rings. The van der Waals surface area contributed by atoms with Crippen LogP contribution < -0.4 is 5.32 Å². The fourth-order valence-corrected chi connectivity index (χ4v) is 2.73. The molecule has 2 heterocycles. The van der Waals surface area contributed by atoms with Crippen molar-refractivity contribution < 1.29 is 19.1 Å². The van der Waals surface area contributed by atoms with E-state index in [4.69, 9.17) is 21.1 Å². The Morgan fingerprint density at radius 2 is 2.12 bits per heavy atom. The Hall–Kier alpha value is -2.91. The second kappa shape index (κ2) is 7.98. The molecule has 0 aliphatic rings. The summed E-state index contributed by atoms with van der Waals surface area (Å²) in [5.74, 6) is -1.20. The highest BCUT2D eigenvalue weighted by Gasteiger charge is 2.13. The summed E-state index contributed by atoms with van der Waals surface area (Å²) in [5, 5.41) is 19.7. The van der Waals surface area contributed by atoms with Crippen molar-refractivity contribution in [2.45, 2.75) is 5.22 Å². The fourth-order valence-electron chi connectivity index (χ4n) is 1.97. The summed E-state index contributed by atoms with van der Waals surface area (Å²) in [7, 11) is 0. The number of aromatic nitrogens is 3. The maximum absolute atomic E-state index is 12.0. The largest absolute Gasteiger partial charge is 0.478 e. The Morgan fingerprint density at radius 1 is 1.27 bits per heavy atom. The van der Waals surface area contributed by atoms with Crippen LogP contribution in [0.5, 0.6) is 0 Å². The smallest absolute Gasteiger partial charge is 0.337 e. The maximum Gasteiger partial charge on any atom is 0.337 e. The number of nitrogens with zero attached hydrogens (tertiary/aromatic N) is 3. The Kier molecular flexibility index (Phi) is 5.49. The number of hydrogen-bond donors (Lipinski definition) is 2. The van der Waals surface area contributed by atoms with Gasteiger partial charge in [0, 0.05) is 18.1 Å². The van der Waals surface area contributed by atoms with Gasteiger partial charge in [-0.1, -0.05) is 23.4 Å². The van der Waals surface area contributed by atoms with Crippen LogP contribution in [0.2, 0.25) is 5.02 Å². The van der Waals surface area contributed by atoms with Crippen molar-refractivity contribution in [1.29, 1.82) is 0 Å². The summed E-state index contributed by atoms with van der Waals surface area (Å²) in [4.78, 5) is 27.0. The minimum absolute atomic E-state index is 0.0136. The average Bonchev–Trinajstić information content (AvgIpc) is 3.11. The molecule has 0 fully saturated rings. The molecule has 2 aromatic heterocycles. The molecule has 0 radical (unpaired) electrons. The lowest BCUT2D eigenvalue weighted by molar-refractivity contribution is -0.113. The first-order valence-corrected chi connectivity index (χ1v) is 8.58. The average molecular weight is 391 g/mol. The van der Waals surface area contributed by atoms with E-state index in [0.717, 1.165) is 11.8 Å². The number of anilines is 1. The monoisotopic (exact) mass is 390 g/mol. The zero-order valence-corrected chi connectivity index (χ0v) is 14.6. The van der Waals surface area contributed by atoms with E-state index in [-0.39, 0.29) is 27.5 Å². The van der Waals surface area contributed by atoms with E-state index in [1.807, 2.05) is 0 Å². The molecule has 132 valence electrons. The minimum Gasteiger partial charge on any atom is -0.478 e. The van der Waals surface area contributed by atoms with Crippen molar-refractivity contribution in [2.75, 3.05) is 11.1 Å². The number of carbonyl (C=O) groups excluding carboxylic acids is 1. The number of hydrogen-bond acceptors (Lipinski definition) is 7. The number of rotatable bonds is 6. The van der Waals surface area contributed by atoms with Crippen molar-refractivity contribution in [2.24, 2.45) is 0 Å². The molecule has 10 heteroatoms. The van der Waals surface area contributed by atoms with Gasteiger partial charge in [-0.2, -0.15) is 0 Å². The Morgan fingerprint density at radius 3 is 2.85 bits per heavy atom. The fraction of sp³-hybridized carbons (Fsp3) is 0.0625.